The lowest BCUT2D eigenvalue weighted by Gasteiger charge is -2.33. The lowest BCUT2D eigenvalue weighted by molar-refractivity contribution is -0.142. The Morgan fingerprint density at radius 1 is 1.15 bits per heavy atom. The van der Waals surface area contributed by atoms with E-state index in [-0.39, 0.29) is 43.9 Å². The van der Waals surface area contributed by atoms with Crippen molar-refractivity contribution >= 4 is 46.6 Å². The Morgan fingerprint density at radius 3 is 2.71 bits per heavy atom. The quantitative estimate of drug-likeness (QED) is 0.346. The molecule has 9 nitrogen and oxygen atoms in total. The van der Waals surface area contributed by atoms with E-state index in [0.29, 0.717) is 17.0 Å². The number of amides is 4. The molecule has 0 aliphatic carbocycles. The molecule has 2 unspecified atom stereocenters. The van der Waals surface area contributed by atoms with Gasteiger partial charge in [-0.25, -0.2) is 0 Å². The summed E-state index contributed by atoms with van der Waals surface area (Å²) in [7, 11) is 0. The van der Waals surface area contributed by atoms with E-state index >= 15 is 0 Å². The van der Waals surface area contributed by atoms with Crippen molar-refractivity contribution in [2.45, 2.75) is 12.6 Å². The molecular formula is C24H24ClN5O4. The number of piperazine rings is 1. The first-order valence-corrected chi connectivity index (χ1v) is 11.2. The highest BCUT2D eigenvalue weighted by Gasteiger charge is 2.35. The van der Waals surface area contributed by atoms with Crippen molar-refractivity contribution in [1.82, 2.24) is 25.8 Å². The van der Waals surface area contributed by atoms with E-state index in [1.807, 2.05) is 30.3 Å². The highest BCUT2D eigenvalue weighted by molar-refractivity contribution is 6.31. The number of para-hydroxylation sites is 1. The topological polar surface area (TPSA) is 123 Å². The zero-order chi connectivity index (χ0) is 24.1. The average molecular weight is 482 g/mol. The number of nitrogens with one attached hydrogen (secondary N) is 4. The Balaban J connectivity index is 1.66. The van der Waals surface area contributed by atoms with Crippen LogP contribution in [-0.2, 0) is 25.7 Å². The van der Waals surface area contributed by atoms with Crippen molar-refractivity contribution in [2.24, 2.45) is 5.92 Å². The molecule has 2 atom stereocenters. The standard InChI is InChI=1S/C24H24ClN5O4/c25-19-7-3-1-5-15(19)9-28-24(34)18(12-30-13-21(32)27-11-22(30)33)23(29-14-31)17-10-26-20-8-4-2-6-16(17)20/h1-8,10,14,18,23,26H,9,11-13H2,(H,27,32)(H,28,34)(H,29,31). The van der Waals surface area contributed by atoms with E-state index < -0.39 is 12.0 Å². The van der Waals surface area contributed by atoms with Crippen molar-refractivity contribution in [3.63, 3.8) is 0 Å². The summed E-state index contributed by atoms with van der Waals surface area (Å²) < 4.78 is 0. The SMILES string of the molecule is O=CNC(c1c[nH]c2ccccc12)C(CN1CC(=O)NCC1=O)C(=O)NCc1ccccc1Cl. The minimum atomic E-state index is -0.873. The van der Waals surface area contributed by atoms with E-state index in [9.17, 15) is 19.2 Å². The fourth-order valence-electron chi connectivity index (χ4n) is 4.15. The molecule has 1 aliphatic rings. The number of benzene rings is 2. The van der Waals surface area contributed by atoms with Crippen LogP contribution in [0.1, 0.15) is 17.2 Å². The van der Waals surface area contributed by atoms with E-state index in [0.717, 1.165) is 16.5 Å². The van der Waals surface area contributed by atoms with E-state index in [1.165, 1.54) is 4.90 Å². The molecule has 0 bridgehead atoms. The van der Waals surface area contributed by atoms with Crippen LogP contribution in [-0.4, -0.2) is 53.6 Å². The van der Waals surface area contributed by atoms with Crippen molar-refractivity contribution in [1.29, 1.82) is 0 Å². The molecule has 3 aromatic rings. The molecule has 4 rings (SSSR count). The van der Waals surface area contributed by atoms with Crippen LogP contribution in [0.5, 0.6) is 0 Å². The van der Waals surface area contributed by atoms with Crippen molar-refractivity contribution in [3.05, 3.63) is 70.9 Å². The fraction of sp³-hybridized carbons (Fsp3) is 0.250. The van der Waals surface area contributed by atoms with Crippen LogP contribution in [0.15, 0.2) is 54.7 Å². The van der Waals surface area contributed by atoms with E-state index in [4.69, 9.17) is 11.6 Å². The van der Waals surface area contributed by atoms with Crippen LogP contribution in [0, 0.1) is 5.92 Å². The Morgan fingerprint density at radius 2 is 1.91 bits per heavy atom. The fourth-order valence-corrected chi connectivity index (χ4v) is 4.35. The zero-order valence-electron chi connectivity index (χ0n) is 18.2. The second-order valence-corrected chi connectivity index (χ2v) is 8.43. The van der Waals surface area contributed by atoms with Gasteiger partial charge in [-0.1, -0.05) is 48.0 Å². The molecule has 176 valence electrons. The third-order valence-electron chi connectivity index (χ3n) is 5.89. The third-order valence-corrected chi connectivity index (χ3v) is 6.26. The number of fused-ring (bicyclic) bond motifs is 1. The largest absolute Gasteiger partial charge is 0.361 e. The van der Waals surface area contributed by atoms with Gasteiger partial charge in [-0.2, -0.15) is 0 Å². The molecule has 4 amide bonds. The smallest absolute Gasteiger partial charge is 0.242 e. The molecule has 1 fully saturated rings. The Kier molecular flexibility index (Phi) is 7.12. The highest BCUT2D eigenvalue weighted by atomic mass is 35.5. The summed E-state index contributed by atoms with van der Waals surface area (Å²) in [6, 6.07) is 13.9. The van der Waals surface area contributed by atoms with Gasteiger partial charge in [0.1, 0.15) is 0 Å². The predicted octanol–water partition coefficient (Wildman–Crippen LogP) is 1.50. The summed E-state index contributed by atoms with van der Waals surface area (Å²) in [5, 5.41) is 9.49. The first kappa shape index (κ1) is 23.3. The second kappa shape index (κ2) is 10.4. The van der Waals surface area contributed by atoms with Gasteiger partial charge in [-0.05, 0) is 17.7 Å². The monoisotopic (exact) mass is 481 g/mol. The number of carbonyl (C=O) groups is 4. The molecule has 10 heteroatoms. The summed E-state index contributed by atoms with van der Waals surface area (Å²) >= 11 is 6.23. The maximum Gasteiger partial charge on any atom is 0.242 e. The lowest BCUT2D eigenvalue weighted by atomic mass is 9.90. The molecule has 1 saturated heterocycles. The normalized spacial score (nSPS) is 15.5. The summed E-state index contributed by atoms with van der Waals surface area (Å²) in [6.45, 7) is -0.169. The van der Waals surface area contributed by atoms with Gasteiger partial charge >= 0.3 is 0 Å². The highest BCUT2D eigenvalue weighted by Crippen LogP contribution is 2.30. The molecule has 0 saturated carbocycles. The number of H-pyrrole nitrogens is 1. The molecule has 2 aromatic carbocycles. The van der Waals surface area contributed by atoms with Crippen molar-refractivity contribution in [3.8, 4) is 0 Å². The summed E-state index contributed by atoms with van der Waals surface area (Å²) in [5.41, 5.74) is 2.28. The number of carbonyl (C=O) groups excluding carboxylic acids is 4. The maximum absolute atomic E-state index is 13.5. The molecule has 0 spiro atoms. The van der Waals surface area contributed by atoms with Crippen LogP contribution in [0.3, 0.4) is 0 Å². The molecule has 1 aromatic heterocycles. The number of nitrogens with zero attached hydrogens (tertiary/aromatic N) is 1. The van der Waals surface area contributed by atoms with Gasteiger partial charge < -0.3 is 25.8 Å². The number of hydrogen-bond donors (Lipinski definition) is 4. The molecule has 0 radical (unpaired) electrons. The third kappa shape index (κ3) is 5.04. The first-order chi connectivity index (χ1) is 16.5. The molecule has 2 heterocycles. The van der Waals surface area contributed by atoms with E-state index in [2.05, 4.69) is 20.9 Å². The Bertz CT molecular complexity index is 1230. The van der Waals surface area contributed by atoms with Crippen LogP contribution < -0.4 is 16.0 Å². The summed E-state index contributed by atoms with van der Waals surface area (Å²) in [6.07, 6.45) is 2.27. The van der Waals surface area contributed by atoms with Crippen molar-refractivity contribution < 1.29 is 19.2 Å². The second-order valence-electron chi connectivity index (χ2n) is 8.02. The molecule has 4 N–H and O–H groups in total. The lowest BCUT2D eigenvalue weighted by Crippen LogP contribution is -2.55. The van der Waals surface area contributed by atoms with Crippen LogP contribution in [0.2, 0.25) is 5.02 Å². The van der Waals surface area contributed by atoms with Gasteiger partial charge in [0.2, 0.25) is 24.1 Å². The zero-order valence-corrected chi connectivity index (χ0v) is 19.0. The maximum atomic E-state index is 13.5. The number of aromatic nitrogens is 1. The van der Waals surface area contributed by atoms with Gasteiger partial charge in [0.15, 0.2) is 0 Å². The van der Waals surface area contributed by atoms with Gasteiger partial charge in [0.25, 0.3) is 0 Å². The number of halogens is 1. The van der Waals surface area contributed by atoms with Crippen LogP contribution >= 0.6 is 11.6 Å². The summed E-state index contributed by atoms with van der Waals surface area (Å²) in [5.74, 6) is -1.86. The predicted molar refractivity (Wildman–Crippen MR) is 127 cm³/mol. The number of rotatable bonds is 9. The molecular weight excluding hydrogens is 458 g/mol. The van der Waals surface area contributed by atoms with Gasteiger partial charge in [0, 0.05) is 40.8 Å². The molecule has 1 aliphatic heterocycles. The van der Waals surface area contributed by atoms with Crippen molar-refractivity contribution in [2.75, 3.05) is 19.6 Å². The average Bonchev–Trinajstić information content (AvgIpc) is 3.26. The van der Waals surface area contributed by atoms with Crippen LogP contribution in [0.4, 0.5) is 0 Å². The number of aromatic amines is 1. The summed E-state index contributed by atoms with van der Waals surface area (Å²) in [4.78, 5) is 54.0. The molecule has 34 heavy (non-hydrogen) atoms. The Labute approximate surface area is 200 Å². The van der Waals surface area contributed by atoms with Gasteiger partial charge in [-0.15, -0.1) is 0 Å². The number of hydrogen-bond acceptors (Lipinski definition) is 4. The van der Waals surface area contributed by atoms with E-state index in [1.54, 1.807) is 24.4 Å². The minimum absolute atomic E-state index is 0.0500. The minimum Gasteiger partial charge on any atom is -0.361 e. The van der Waals surface area contributed by atoms with Crippen LogP contribution in [0.25, 0.3) is 10.9 Å². The first-order valence-electron chi connectivity index (χ1n) is 10.8. The van der Waals surface area contributed by atoms with Gasteiger partial charge in [-0.3, -0.25) is 19.2 Å². The van der Waals surface area contributed by atoms with Gasteiger partial charge in [0.05, 0.1) is 25.0 Å². The Hall–Kier alpha value is -3.85.